The molecule has 0 spiro atoms. The lowest BCUT2D eigenvalue weighted by molar-refractivity contribution is -0.146. The molecule has 4 aromatic rings. The molecular formula is C31H32N2O5. The quantitative estimate of drug-likeness (QED) is 0.275. The molecule has 0 aliphatic carbocycles. The second kappa shape index (κ2) is 10.2. The zero-order valence-electron chi connectivity index (χ0n) is 22.3. The maximum atomic E-state index is 13.9. The van der Waals surface area contributed by atoms with Crippen LogP contribution in [0.4, 0.5) is 0 Å². The van der Waals surface area contributed by atoms with E-state index in [1.807, 2.05) is 45.0 Å². The van der Waals surface area contributed by atoms with Crippen LogP contribution in [0.2, 0.25) is 0 Å². The Bertz CT molecular complexity index is 1500. The largest absolute Gasteiger partial charge is 0.487 e. The third-order valence-corrected chi connectivity index (χ3v) is 6.48. The summed E-state index contributed by atoms with van der Waals surface area (Å²) in [7, 11) is 0. The van der Waals surface area contributed by atoms with E-state index in [-0.39, 0.29) is 30.3 Å². The molecule has 0 aliphatic heterocycles. The minimum absolute atomic E-state index is 0.000794. The number of ketones is 2. The van der Waals surface area contributed by atoms with Gasteiger partial charge >= 0.3 is 5.97 Å². The molecule has 38 heavy (non-hydrogen) atoms. The number of aromatic nitrogens is 2. The van der Waals surface area contributed by atoms with Crippen LogP contribution in [0, 0.1) is 10.8 Å². The predicted molar refractivity (Wildman–Crippen MR) is 145 cm³/mol. The second-order valence-corrected chi connectivity index (χ2v) is 11.1. The summed E-state index contributed by atoms with van der Waals surface area (Å²) in [6, 6.07) is 17.8. The standard InChI is InChI=1S/C31H32N2O5/c1-30(2,3)28(35)25-23(18-31(4,5)29(36)37)26(27(34)20-11-7-6-8-12-20)33-16-14-22(17-24(25)33)38-19-21-13-9-10-15-32-21/h6-17H,18-19H2,1-5H3,(H,36,37). The predicted octanol–water partition coefficient (Wildman–Crippen LogP) is 6.03. The molecule has 0 atom stereocenters. The molecule has 0 fully saturated rings. The summed E-state index contributed by atoms with van der Waals surface area (Å²) in [5.41, 5.74) is 0.749. The number of Topliss-reactive ketones (excluding diaryl/α,β-unsaturated/α-hetero) is 1. The van der Waals surface area contributed by atoms with Gasteiger partial charge in [-0.3, -0.25) is 19.4 Å². The molecule has 7 heteroatoms. The Morgan fingerprint density at radius 2 is 1.63 bits per heavy atom. The first kappa shape index (κ1) is 26.8. The van der Waals surface area contributed by atoms with Crippen molar-refractivity contribution in [3.8, 4) is 5.75 Å². The van der Waals surface area contributed by atoms with E-state index in [2.05, 4.69) is 4.98 Å². The van der Waals surface area contributed by atoms with Gasteiger partial charge in [-0.05, 0) is 44.0 Å². The maximum absolute atomic E-state index is 13.9. The van der Waals surface area contributed by atoms with Crippen molar-refractivity contribution in [1.82, 2.24) is 9.38 Å². The Morgan fingerprint density at radius 3 is 2.24 bits per heavy atom. The lowest BCUT2D eigenvalue weighted by atomic mass is 9.79. The smallest absolute Gasteiger partial charge is 0.309 e. The van der Waals surface area contributed by atoms with Gasteiger partial charge in [-0.15, -0.1) is 0 Å². The summed E-state index contributed by atoms with van der Waals surface area (Å²) in [5, 5.41) is 9.93. The number of carboxylic acid groups (broad SMARTS) is 1. The first-order valence-corrected chi connectivity index (χ1v) is 12.5. The van der Waals surface area contributed by atoms with Crippen LogP contribution in [0.25, 0.3) is 5.52 Å². The fourth-order valence-corrected chi connectivity index (χ4v) is 4.31. The summed E-state index contributed by atoms with van der Waals surface area (Å²) in [5.74, 6) is -0.974. The number of hydrogen-bond donors (Lipinski definition) is 1. The zero-order chi connectivity index (χ0) is 27.7. The van der Waals surface area contributed by atoms with E-state index >= 15 is 0 Å². The van der Waals surface area contributed by atoms with Crippen molar-refractivity contribution in [2.75, 3.05) is 0 Å². The van der Waals surface area contributed by atoms with Gasteiger partial charge in [0.1, 0.15) is 12.4 Å². The number of ether oxygens (including phenoxy) is 1. The van der Waals surface area contributed by atoms with Gasteiger partial charge in [-0.25, -0.2) is 0 Å². The van der Waals surface area contributed by atoms with Gasteiger partial charge in [0, 0.05) is 35.0 Å². The first-order chi connectivity index (χ1) is 17.9. The number of carbonyl (C=O) groups excluding carboxylic acids is 2. The Balaban J connectivity index is 1.96. The SMILES string of the molecule is CC(C)(C)C(=O)c1c(CC(C)(C)C(=O)O)c(C(=O)c2ccccc2)n2ccc(OCc3ccccn3)cc12. The van der Waals surface area contributed by atoms with Crippen LogP contribution in [-0.2, 0) is 17.8 Å². The van der Waals surface area contributed by atoms with Crippen LogP contribution >= 0.6 is 0 Å². The minimum Gasteiger partial charge on any atom is -0.487 e. The van der Waals surface area contributed by atoms with Crippen molar-refractivity contribution in [2.24, 2.45) is 10.8 Å². The van der Waals surface area contributed by atoms with E-state index < -0.39 is 16.8 Å². The molecule has 0 unspecified atom stereocenters. The monoisotopic (exact) mass is 512 g/mol. The number of nitrogens with zero attached hydrogens (tertiary/aromatic N) is 2. The first-order valence-electron chi connectivity index (χ1n) is 12.5. The third-order valence-electron chi connectivity index (χ3n) is 6.48. The minimum atomic E-state index is -1.22. The van der Waals surface area contributed by atoms with E-state index in [1.165, 1.54) is 0 Å². The topological polar surface area (TPSA) is 98.0 Å². The van der Waals surface area contributed by atoms with Crippen molar-refractivity contribution >= 4 is 23.1 Å². The van der Waals surface area contributed by atoms with Gasteiger partial charge in [0.15, 0.2) is 5.78 Å². The highest BCUT2D eigenvalue weighted by molar-refractivity contribution is 6.15. The van der Waals surface area contributed by atoms with Crippen molar-refractivity contribution in [1.29, 1.82) is 0 Å². The number of pyridine rings is 2. The highest BCUT2D eigenvalue weighted by Crippen LogP contribution is 2.37. The Kier molecular flexibility index (Phi) is 7.22. The molecule has 1 N–H and O–H groups in total. The molecule has 1 aromatic carbocycles. The van der Waals surface area contributed by atoms with Gasteiger partial charge in [0.2, 0.25) is 5.78 Å². The van der Waals surface area contributed by atoms with Crippen LogP contribution in [0.1, 0.15) is 72.3 Å². The summed E-state index contributed by atoms with van der Waals surface area (Å²) in [4.78, 5) is 44.2. The summed E-state index contributed by atoms with van der Waals surface area (Å²) >= 11 is 0. The molecule has 0 aliphatic rings. The lowest BCUT2D eigenvalue weighted by Crippen LogP contribution is -2.29. The van der Waals surface area contributed by atoms with E-state index in [0.717, 1.165) is 5.69 Å². The van der Waals surface area contributed by atoms with Gasteiger partial charge in [-0.1, -0.05) is 57.2 Å². The fourth-order valence-electron chi connectivity index (χ4n) is 4.31. The highest BCUT2D eigenvalue weighted by atomic mass is 16.5. The molecular weight excluding hydrogens is 480 g/mol. The van der Waals surface area contributed by atoms with Crippen LogP contribution in [0.3, 0.4) is 0 Å². The highest BCUT2D eigenvalue weighted by Gasteiger charge is 2.37. The molecule has 0 bridgehead atoms. The van der Waals surface area contributed by atoms with Gasteiger partial charge < -0.3 is 14.2 Å². The van der Waals surface area contributed by atoms with Gasteiger partial charge in [-0.2, -0.15) is 0 Å². The molecule has 3 aromatic heterocycles. The number of rotatable bonds is 9. The Morgan fingerprint density at radius 1 is 0.947 bits per heavy atom. The van der Waals surface area contributed by atoms with Crippen LogP contribution in [0.5, 0.6) is 5.75 Å². The Hall–Kier alpha value is -4.26. The summed E-state index contributed by atoms with van der Waals surface area (Å²) in [6.07, 6.45) is 3.39. The molecule has 0 saturated carbocycles. The molecule has 196 valence electrons. The molecule has 0 amide bonds. The van der Waals surface area contributed by atoms with E-state index in [1.54, 1.807) is 67.0 Å². The fraction of sp³-hybridized carbons (Fsp3) is 0.290. The van der Waals surface area contributed by atoms with Crippen LogP contribution in [0.15, 0.2) is 73.1 Å². The van der Waals surface area contributed by atoms with E-state index in [0.29, 0.717) is 28.0 Å². The maximum Gasteiger partial charge on any atom is 0.309 e. The molecule has 0 saturated heterocycles. The van der Waals surface area contributed by atoms with Gasteiger partial charge in [0.25, 0.3) is 0 Å². The summed E-state index contributed by atoms with van der Waals surface area (Å²) in [6.45, 7) is 8.86. The third kappa shape index (κ3) is 5.37. The number of carboxylic acids is 1. The average Bonchev–Trinajstić information content (AvgIpc) is 3.19. The number of fused-ring (bicyclic) bond motifs is 1. The number of benzene rings is 1. The Labute approximate surface area is 222 Å². The van der Waals surface area contributed by atoms with E-state index in [4.69, 9.17) is 4.74 Å². The average molecular weight is 513 g/mol. The van der Waals surface area contributed by atoms with Crippen LogP contribution < -0.4 is 4.74 Å². The van der Waals surface area contributed by atoms with E-state index in [9.17, 15) is 19.5 Å². The molecule has 7 nitrogen and oxygen atoms in total. The normalized spacial score (nSPS) is 11.9. The van der Waals surface area contributed by atoms with Crippen molar-refractivity contribution < 1.29 is 24.2 Å². The number of hydrogen-bond acceptors (Lipinski definition) is 5. The molecule has 0 radical (unpaired) electrons. The number of aliphatic carboxylic acids is 1. The molecule has 4 rings (SSSR count). The van der Waals surface area contributed by atoms with Crippen molar-refractivity contribution in [3.63, 3.8) is 0 Å². The second-order valence-electron chi connectivity index (χ2n) is 11.1. The van der Waals surface area contributed by atoms with Crippen molar-refractivity contribution in [2.45, 2.75) is 47.6 Å². The van der Waals surface area contributed by atoms with Crippen molar-refractivity contribution in [3.05, 3.63) is 101 Å². The summed E-state index contributed by atoms with van der Waals surface area (Å²) < 4.78 is 7.68. The number of carbonyl (C=O) groups is 3. The molecule has 3 heterocycles. The zero-order valence-corrected chi connectivity index (χ0v) is 22.3. The van der Waals surface area contributed by atoms with Gasteiger partial charge in [0.05, 0.1) is 22.3 Å². The van der Waals surface area contributed by atoms with Crippen LogP contribution in [-0.4, -0.2) is 32.0 Å². The lowest BCUT2D eigenvalue weighted by Gasteiger charge is -2.22.